The maximum atomic E-state index is 13.4. The smallest absolute Gasteiger partial charge is 0.262 e. The number of ether oxygens (including phenoxy) is 2. The van der Waals surface area contributed by atoms with Gasteiger partial charge in [0.15, 0.2) is 29.7 Å². The Kier molecular flexibility index (Phi) is 4.71. The molecule has 0 saturated carbocycles. The second-order valence-corrected chi connectivity index (χ2v) is 4.12. The van der Waals surface area contributed by atoms with E-state index in [9.17, 15) is 13.6 Å². The molecular formula is C15H13F2NO3. The van der Waals surface area contributed by atoms with E-state index in [0.29, 0.717) is 0 Å². The minimum Gasteiger partial charge on any atom is -0.494 e. The highest BCUT2D eigenvalue weighted by Gasteiger charge is 2.09. The molecule has 0 saturated heterocycles. The number of nitrogens with one attached hydrogen (secondary N) is 1. The Labute approximate surface area is 120 Å². The van der Waals surface area contributed by atoms with Crippen LogP contribution in [0.1, 0.15) is 0 Å². The van der Waals surface area contributed by atoms with Crippen molar-refractivity contribution in [2.24, 2.45) is 0 Å². The lowest BCUT2D eigenvalue weighted by atomic mass is 10.3. The molecule has 1 N–H and O–H groups in total. The molecule has 0 fully saturated rings. The first-order chi connectivity index (χ1) is 10.1. The highest BCUT2D eigenvalue weighted by molar-refractivity contribution is 5.91. The second kappa shape index (κ2) is 6.69. The fourth-order valence-corrected chi connectivity index (χ4v) is 1.65. The van der Waals surface area contributed by atoms with Crippen molar-refractivity contribution < 1.29 is 23.0 Å². The van der Waals surface area contributed by atoms with E-state index in [2.05, 4.69) is 5.32 Å². The highest BCUT2D eigenvalue weighted by atomic mass is 19.1. The predicted molar refractivity (Wildman–Crippen MR) is 73.5 cm³/mol. The molecule has 110 valence electrons. The Balaban J connectivity index is 1.93. The third-order valence-electron chi connectivity index (χ3n) is 2.63. The molecule has 1 amide bonds. The summed E-state index contributed by atoms with van der Waals surface area (Å²) >= 11 is 0. The van der Waals surface area contributed by atoms with Crippen LogP contribution in [0, 0.1) is 11.6 Å². The van der Waals surface area contributed by atoms with Gasteiger partial charge in [0.25, 0.3) is 5.91 Å². The second-order valence-electron chi connectivity index (χ2n) is 4.12. The van der Waals surface area contributed by atoms with Crippen molar-refractivity contribution in [2.75, 3.05) is 19.0 Å². The lowest BCUT2D eigenvalue weighted by Gasteiger charge is -2.09. The van der Waals surface area contributed by atoms with E-state index >= 15 is 0 Å². The SMILES string of the molecule is COc1ccc(NC(=O)COc2ccccc2F)cc1F. The van der Waals surface area contributed by atoms with Gasteiger partial charge >= 0.3 is 0 Å². The van der Waals surface area contributed by atoms with Crippen LogP contribution in [-0.2, 0) is 4.79 Å². The van der Waals surface area contributed by atoms with Gasteiger partial charge in [-0.2, -0.15) is 0 Å². The van der Waals surface area contributed by atoms with Gasteiger partial charge in [-0.15, -0.1) is 0 Å². The van der Waals surface area contributed by atoms with Crippen LogP contribution in [0.3, 0.4) is 0 Å². The lowest BCUT2D eigenvalue weighted by molar-refractivity contribution is -0.118. The fourth-order valence-electron chi connectivity index (χ4n) is 1.65. The third kappa shape index (κ3) is 3.92. The van der Waals surface area contributed by atoms with Crippen molar-refractivity contribution in [3.8, 4) is 11.5 Å². The van der Waals surface area contributed by atoms with Gasteiger partial charge in [-0.05, 0) is 24.3 Å². The first-order valence-corrected chi connectivity index (χ1v) is 6.11. The summed E-state index contributed by atoms with van der Waals surface area (Å²) in [5.74, 6) is -1.61. The van der Waals surface area contributed by atoms with Crippen molar-refractivity contribution >= 4 is 11.6 Å². The topological polar surface area (TPSA) is 47.6 Å². The minimum absolute atomic E-state index is 0.0199. The molecule has 0 heterocycles. The average Bonchev–Trinajstić information content (AvgIpc) is 2.46. The van der Waals surface area contributed by atoms with Crippen LogP contribution >= 0.6 is 0 Å². The van der Waals surface area contributed by atoms with Gasteiger partial charge in [-0.1, -0.05) is 12.1 Å². The molecule has 2 aromatic rings. The lowest BCUT2D eigenvalue weighted by Crippen LogP contribution is -2.20. The Bertz CT molecular complexity index is 647. The molecule has 0 aromatic heterocycles. The first kappa shape index (κ1) is 14.8. The molecule has 0 aliphatic rings. The van der Waals surface area contributed by atoms with Gasteiger partial charge in [-0.3, -0.25) is 4.79 Å². The molecule has 0 radical (unpaired) electrons. The van der Waals surface area contributed by atoms with Gasteiger partial charge in [-0.25, -0.2) is 8.78 Å². The summed E-state index contributed by atoms with van der Waals surface area (Å²) in [5, 5.41) is 2.44. The number of hydrogen-bond donors (Lipinski definition) is 1. The molecule has 0 atom stereocenters. The largest absolute Gasteiger partial charge is 0.494 e. The van der Waals surface area contributed by atoms with E-state index in [1.165, 1.54) is 37.4 Å². The van der Waals surface area contributed by atoms with Crippen LogP contribution in [0.15, 0.2) is 42.5 Å². The molecule has 4 nitrogen and oxygen atoms in total. The van der Waals surface area contributed by atoms with Crippen molar-refractivity contribution in [2.45, 2.75) is 0 Å². The van der Waals surface area contributed by atoms with Crippen LogP contribution in [0.25, 0.3) is 0 Å². The van der Waals surface area contributed by atoms with E-state index in [1.807, 2.05) is 0 Å². The molecule has 0 bridgehead atoms. The summed E-state index contributed by atoms with van der Waals surface area (Å²) in [4.78, 5) is 11.7. The third-order valence-corrected chi connectivity index (χ3v) is 2.63. The van der Waals surface area contributed by atoms with Crippen LogP contribution in [0.4, 0.5) is 14.5 Å². The number of para-hydroxylation sites is 1. The number of benzene rings is 2. The molecule has 2 aromatic carbocycles. The van der Waals surface area contributed by atoms with E-state index in [1.54, 1.807) is 6.07 Å². The molecule has 21 heavy (non-hydrogen) atoms. The summed E-state index contributed by atoms with van der Waals surface area (Å²) in [6.45, 7) is -0.380. The molecule has 6 heteroatoms. The van der Waals surface area contributed by atoms with Crippen LogP contribution < -0.4 is 14.8 Å². The Morgan fingerprint density at radius 2 is 1.86 bits per heavy atom. The summed E-state index contributed by atoms with van der Waals surface area (Å²) in [6.07, 6.45) is 0. The van der Waals surface area contributed by atoms with Crippen LogP contribution in [0.5, 0.6) is 11.5 Å². The van der Waals surface area contributed by atoms with Crippen LogP contribution in [0.2, 0.25) is 0 Å². The van der Waals surface area contributed by atoms with E-state index in [0.717, 1.165) is 6.07 Å². The van der Waals surface area contributed by atoms with Gasteiger partial charge in [0, 0.05) is 11.8 Å². The molecule has 0 unspecified atom stereocenters. The first-order valence-electron chi connectivity index (χ1n) is 6.11. The normalized spacial score (nSPS) is 10.0. The zero-order valence-electron chi connectivity index (χ0n) is 11.2. The molecule has 0 aliphatic heterocycles. The standard InChI is InChI=1S/C15H13F2NO3/c1-20-13-7-6-10(8-12(13)17)18-15(19)9-21-14-5-3-2-4-11(14)16/h2-8H,9H2,1H3,(H,18,19). The number of amides is 1. The number of methoxy groups -OCH3 is 1. The quantitative estimate of drug-likeness (QED) is 0.922. The number of anilines is 1. The minimum atomic E-state index is -0.592. The summed E-state index contributed by atoms with van der Waals surface area (Å²) in [7, 11) is 1.35. The number of rotatable bonds is 5. The highest BCUT2D eigenvalue weighted by Crippen LogP contribution is 2.20. The molecule has 2 rings (SSSR count). The van der Waals surface area contributed by atoms with E-state index in [4.69, 9.17) is 9.47 Å². The maximum Gasteiger partial charge on any atom is 0.262 e. The summed E-state index contributed by atoms with van der Waals surface area (Å²) < 4.78 is 36.5. The molecule has 0 spiro atoms. The summed E-state index contributed by atoms with van der Waals surface area (Å²) in [5.41, 5.74) is 0.260. The fraction of sp³-hybridized carbons (Fsp3) is 0.133. The van der Waals surface area contributed by atoms with Crippen molar-refractivity contribution in [3.63, 3.8) is 0 Å². The zero-order chi connectivity index (χ0) is 15.2. The summed E-state index contributed by atoms with van der Waals surface area (Å²) in [6, 6.07) is 9.75. The van der Waals surface area contributed by atoms with Crippen LogP contribution in [-0.4, -0.2) is 19.6 Å². The van der Waals surface area contributed by atoms with E-state index < -0.39 is 17.5 Å². The number of hydrogen-bond acceptors (Lipinski definition) is 3. The predicted octanol–water partition coefficient (Wildman–Crippen LogP) is 2.99. The zero-order valence-corrected chi connectivity index (χ0v) is 11.2. The van der Waals surface area contributed by atoms with E-state index in [-0.39, 0.29) is 23.8 Å². The monoisotopic (exact) mass is 293 g/mol. The molecular weight excluding hydrogens is 280 g/mol. The van der Waals surface area contributed by atoms with Crippen molar-refractivity contribution in [1.82, 2.24) is 0 Å². The Morgan fingerprint density at radius 3 is 2.52 bits per heavy atom. The number of carbonyl (C=O) groups excluding carboxylic acids is 1. The maximum absolute atomic E-state index is 13.4. The van der Waals surface area contributed by atoms with Gasteiger partial charge < -0.3 is 14.8 Å². The van der Waals surface area contributed by atoms with Gasteiger partial charge in [0.2, 0.25) is 0 Å². The number of carbonyl (C=O) groups is 1. The Hall–Kier alpha value is -2.63. The average molecular weight is 293 g/mol. The van der Waals surface area contributed by atoms with Gasteiger partial charge in [0.1, 0.15) is 0 Å². The van der Waals surface area contributed by atoms with Gasteiger partial charge in [0.05, 0.1) is 7.11 Å². The Morgan fingerprint density at radius 1 is 1.10 bits per heavy atom. The molecule has 0 aliphatic carbocycles. The van der Waals surface area contributed by atoms with Crippen molar-refractivity contribution in [1.29, 1.82) is 0 Å². The number of halogens is 2. The van der Waals surface area contributed by atoms with Crippen molar-refractivity contribution in [3.05, 3.63) is 54.1 Å².